The lowest BCUT2D eigenvalue weighted by Crippen LogP contribution is -2.36. The molecule has 0 aromatic heterocycles. The average Bonchev–Trinajstić information content (AvgIpc) is 2.16. The van der Waals surface area contributed by atoms with Gasteiger partial charge in [0.25, 0.3) is 0 Å². The largest absolute Gasteiger partial charge is 0.308 e. The summed E-state index contributed by atoms with van der Waals surface area (Å²) in [6, 6.07) is 8.02. The molecule has 0 spiro atoms. The molecule has 78 valence electrons. The van der Waals surface area contributed by atoms with Crippen LogP contribution in [0.4, 0.5) is 0 Å². The molecule has 0 unspecified atom stereocenters. The number of hydrogen-bond acceptors (Lipinski definition) is 1. The first-order valence-electron chi connectivity index (χ1n) is 5.07. The zero-order valence-electron chi connectivity index (χ0n) is 9.10. The highest BCUT2D eigenvalue weighted by molar-refractivity contribution is 6.30. The Bertz CT molecular complexity index is 277. The van der Waals surface area contributed by atoms with Gasteiger partial charge >= 0.3 is 0 Å². The molecule has 0 aliphatic rings. The van der Waals surface area contributed by atoms with Crippen LogP contribution in [0.3, 0.4) is 0 Å². The first-order valence-corrected chi connectivity index (χ1v) is 5.45. The zero-order valence-corrected chi connectivity index (χ0v) is 9.86. The molecule has 0 bridgehead atoms. The quantitative estimate of drug-likeness (QED) is 0.803. The van der Waals surface area contributed by atoms with Crippen LogP contribution in [0.1, 0.15) is 32.8 Å². The standard InChI is InChI=1S/C12H18ClN/c1-4-9-14-12(2,3)10-5-7-11(13)8-6-10/h5-8,14H,4,9H2,1-3H3. The van der Waals surface area contributed by atoms with Crippen molar-refractivity contribution in [3.8, 4) is 0 Å². The van der Waals surface area contributed by atoms with Gasteiger partial charge in [0, 0.05) is 10.6 Å². The molecule has 0 amide bonds. The third kappa shape index (κ3) is 3.00. The van der Waals surface area contributed by atoms with Crippen LogP contribution in [0, 0.1) is 0 Å². The molecule has 0 aliphatic carbocycles. The maximum atomic E-state index is 5.85. The van der Waals surface area contributed by atoms with Gasteiger partial charge in [-0.1, -0.05) is 30.7 Å². The van der Waals surface area contributed by atoms with Crippen molar-refractivity contribution in [1.82, 2.24) is 5.32 Å². The number of nitrogens with one attached hydrogen (secondary N) is 1. The van der Waals surface area contributed by atoms with E-state index in [2.05, 4.69) is 38.2 Å². The predicted octanol–water partition coefficient (Wildman–Crippen LogP) is 3.57. The van der Waals surface area contributed by atoms with E-state index in [1.54, 1.807) is 0 Å². The topological polar surface area (TPSA) is 12.0 Å². The van der Waals surface area contributed by atoms with Crippen molar-refractivity contribution in [3.05, 3.63) is 34.9 Å². The first-order chi connectivity index (χ1) is 6.56. The van der Waals surface area contributed by atoms with Crippen LogP contribution in [-0.4, -0.2) is 6.54 Å². The fraction of sp³-hybridized carbons (Fsp3) is 0.500. The van der Waals surface area contributed by atoms with Crippen LogP contribution in [-0.2, 0) is 5.54 Å². The minimum Gasteiger partial charge on any atom is -0.308 e. The van der Waals surface area contributed by atoms with Crippen LogP contribution in [0.2, 0.25) is 5.02 Å². The van der Waals surface area contributed by atoms with Gasteiger partial charge in [-0.15, -0.1) is 0 Å². The van der Waals surface area contributed by atoms with Crippen molar-refractivity contribution in [2.45, 2.75) is 32.7 Å². The predicted molar refractivity (Wildman–Crippen MR) is 62.8 cm³/mol. The second kappa shape index (κ2) is 4.81. The fourth-order valence-electron chi connectivity index (χ4n) is 1.41. The summed E-state index contributed by atoms with van der Waals surface area (Å²) in [6.45, 7) is 7.58. The van der Waals surface area contributed by atoms with Crippen molar-refractivity contribution < 1.29 is 0 Å². The molecule has 0 radical (unpaired) electrons. The van der Waals surface area contributed by atoms with Crippen LogP contribution in [0.5, 0.6) is 0 Å². The van der Waals surface area contributed by atoms with Gasteiger partial charge in [0.1, 0.15) is 0 Å². The first kappa shape index (κ1) is 11.5. The van der Waals surface area contributed by atoms with Crippen LogP contribution in [0.25, 0.3) is 0 Å². The summed E-state index contributed by atoms with van der Waals surface area (Å²) in [5.41, 5.74) is 1.30. The Morgan fingerprint density at radius 2 is 1.79 bits per heavy atom. The molecule has 0 fully saturated rings. The Hall–Kier alpha value is -0.530. The third-order valence-electron chi connectivity index (χ3n) is 2.38. The molecule has 1 N–H and O–H groups in total. The Morgan fingerprint density at radius 3 is 2.29 bits per heavy atom. The van der Waals surface area contributed by atoms with E-state index in [1.807, 2.05) is 12.1 Å². The maximum absolute atomic E-state index is 5.85. The summed E-state index contributed by atoms with van der Waals surface area (Å²) in [6.07, 6.45) is 1.15. The van der Waals surface area contributed by atoms with E-state index in [0.717, 1.165) is 18.0 Å². The number of benzene rings is 1. The van der Waals surface area contributed by atoms with E-state index in [4.69, 9.17) is 11.6 Å². The highest BCUT2D eigenvalue weighted by atomic mass is 35.5. The van der Waals surface area contributed by atoms with Gasteiger partial charge in [0.2, 0.25) is 0 Å². The lowest BCUT2D eigenvalue weighted by atomic mass is 9.94. The highest BCUT2D eigenvalue weighted by Gasteiger charge is 2.18. The van der Waals surface area contributed by atoms with E-state index in [0.29, 0.717) is 0 Å². The van der Waals surface area contributed by atoms with Gasteiger partial charge in [0.05, 0.1) is 0 Å². The molecule has 0 saturated carbocycles. The minimum absolute atomic E-state index is 0.0284. The number of halogens is 1. The zero-order chi connectivity index (χ0) is 10.6. The molecule has 1 aromatic carbocycles. The molecule has 1 aromatic rings. The molecule has 0 saturated heterocycles. The van der Waals surface area contributed by atoms with Crippen molar-refractivity contribution in [2.24, 2.45) is 0 Å². The third-order valence-corrected chi connectivity index (χ3v) is 2.63. The molecule has 0 atom stereocenters. The van der Waals surface area contributed by atoms with Gasteiger partial charge in [0.15, 0.2) is 0 Å². The molecular formula is C12H18ClN. The van der Waals surface area contributed by atoms with Gasteiger partial charge in [-0.25, -0.2) is 0 Å². The smallest absolute Gasteiger partial charge is 0.0406 e. The van der Waals surface area contributed by atoms with Crippen LogP contribution >= 0.6 is 11.6 Å². The Kier molecular flexibility index (Phi) is 3.97. The molecule has 14 heavy (non-hydrogen) atoms. The summed E-state index contributed by atoms with van der Waals surface area (Å²) >= 11 is 5.85. The molecule has 1 nitrogen and oxygen atoms in total. The summed E-state index contributed by atoms with van der Waals surface area (Å²) in [5, 5.41) is 4.29. The Labute approximate surface area is 91.5 Å². The summed E-state index contributed by atoms with van der Waals surface area (Å²) in [4.78, 5) is 0. The molecule has 2 heteroatoms. The van der Waals surface area contributed by atoms with Gasteiger partial charge in [-0.3, -0.25) is 0 Å². The summed E-state index contributed by atoms with van der Waals surface area (Å²) in [5.74, 6) is 0. The monoisotopic (exact) mass is 211 g/mol. The van der Waals surface area contributed by atoms with Gasteiger partial charge in [-0.05, 0) is 44.5 Å². The fourth-order valence-corrected chi connectivity index (χ4v) is 1.53. The van der Waals surface area contributed by atoms with Gasteiger partial charge in [-0.2, -0.15) is 0 Å². The molecular weight excluding hydrogens is 194 g/mol. The summed E-state index contributed by atoms with van der Waals surface area (Å²) in [7, 11) is 0. The lowest BCUT2D eigenvalue weighted by Gasteiger charge is -2.26. The van der Waals surface area contributed by atoms with Crippen molar-refractivity contribution in [3.63, 3.8) is 0 Å². The van der Waals surface area contributed by atoms with Crippen LogP contribution < -0.4 is 5.32 Å². The van der Waals surface area contributed by atoms with Crippen molar-refractivity contribution in [1.29, 1.82) is 0 Å². The highest BCUT2D eigenvalue weighted by Crippen LogP contribution is 2.21. The lowest BCUT2D eigenvalue weighted by molar-refractivity contribution is 0.404. The van der Waals surface area contributed by atoms with Crippen molar-refractivity contribution >= 4 is 11.6 Å². The number of rotatable bonds is 4. The van der Waals surface area contributed by atoms with Gasteiger partial charge < -0.3 is 5.32 Å². The molecule has 0 aliphatic heterocycles. The Balaban J connectivity index is 2.75. The Morgan fingerprint density at radius 1 is 1.21 bits per heavy atom. The number of hydrogen-bond donors (Lipinski definition) is 1. The SMILES string of the molecule is CCCNC(C)(C)c1ccc(Cl)cc1. The van der Waals surface area contributed by atoms with Crippen molar-refractivity contribution in [2.75, 3.05) is 6.54 Å². The van der Waals surface area contributed by atoms with E-state index in [-0.39, 0.29) is 5.54 Å². The minimum atomic E-state index is 0.0284. The normalized spacial score (nSPS) is 11.7. The molecule has 0 heterocycles. The second-order valence-corrected chi connectivity index (χ2v) is 4.50. The maximum Gasteiger partial charge on any atom is 0.0406 e. The molecule has 1 rings (SSSR count). The van der Waals surface area contributed by atoms with Crippen LogP contribution in [0.15, 0.2) is 24.3 Å². The van der Waals surface area contributed by atoms with E-state index < -0.39 is 0 Å². The van der Waals surface area contributed by atoms with E-state index >= 15 is 0 Å². The van der Waals surface area contributed by atoms with E-state index in [1.165, 1.54) is 5.56 Å². The second-order valence-electron chi connectivity index (χ2n) is 4.06. The average molecular weight is 212 g/mol. The van der Waals surface area contributed by atoms with E-state index in [9.17, 15) is 0 Å². The summed E-state index contributed by atoms with van der Waals surface area (Å²) < 4.78 is 0.